The molecule has 0 aromatic heterocycles. The average molecular weight is 319 g/mol. The molecule has 0 spiro atoms. The number of benzene rings is 1. The summed E-state index contributed by atoms with van der Waals surface area (Å²) in [5, 5.41) is 2.77. The van der Waals surface area contributed by atoms with Crippen molar-refractivity contribution in [3.8, 4) is 0 Å². The Bertz CT molecular complexity index is 335. The van der Waals surface area contributed by atoms with E-state index in [-0.39, 0.29) is 5.91 Å². The Morgan fingerprint density at radius 1 is 1.36 bits per heavy atom. The highest BCUT2D eigenvalue weighted by Crippen LogP contribution is 2.06. The van der Waals surface area contributed by atoms with Crippen molar-refractivity contribution in [1.29, 1.82) is 0 Å². The van der Waals surface area contributed by atoms with E-state index in [1.165, 1.54) is 0 Å². The fourth-order valence-corrected chi connectivity index (χ4v) is 1.20. The predicted molar refractivity (Wildman–Crippen MR) is 64.7 cm³/mol. The number of amides is 1. The summed E-state index contributed by atoms with van der Waals surface area (Å²) in [4.78, 5) is 13.2. The van der Waals surface area contributed by atoms with Crippen LogP contribution in [0.1, 0.15) is 10.4 Å². The lowest BCUT2D eigenvalue weighted by Crippen LogP contribution is -2.24. The van der Waals surface area contributed by atoms with E-state index < -0.39 is 0 Å². The van der Waals surface area contributed by atoms with E-state index in [2.05, 4.69) is 37.2 Å². The van der Waals surface area contributed by atoms with Crippen molar-refractivity contribution in [3.05, 3.63) is 45.4 Å². The van der Waals surface area contributed by atoms with Gasteiger partial charge in [0.15, 0.2) is 0 Å². The van der Waals surface area contributed by atoms with Gasteiger partial charge in [0, 0.05) is 10.0 Å². The van der Waals surface area contributed by atoms with Gasteiger partial charge in [-0.2, -0.15) is 0 Å². The van der Waals surface area contributed by atoms with E-state index in [4.69, 9.17) is 0 Å². The Morgan fingerprint density at radius 3 is 2.57 bits per heavy atom. The van der Waals surface area contributed by atoms with Crippen LogP contribution < -0.4 is 5.32 Å². The summed E-state index contributed by atoms with van der Waals surface area (Å²) in [5.41, 5.74) is 0.669. The van der Waals surface area contributed by atoms with Crippen LogP contribution in [0.5, 0.6) is 0 Å². The summed E-state index contributed by atoms with van der Waals surface area (Å²) in [7, 11) is 0. The largest absolute Gasteiger partial charge is 0.347 e. The van der Waals surface area contributed by atoms with Crippen molar-refractivity contribution in [1.82, 2.24) is 5.32 Å². The fourth-order valence-electron chi connectivity index (χ4n) is 0.895. The van der Waals surface area contributed by atoms with Crippen molar-refractivity contribution in [2.45, 2.75) is 0 Å². The highest BCUT2D eigenvalue weighted by Gasteiger charge is 2.03. The van der Waals surface area contributed by atoms with Gasteiger partial charge in [-0.3, -0.25) is 4.79 Å². The van der Waals surface area contributed by atoms with Gasteiger partial charge in [0.05, 0.1) is 6.54 Å². The zero-order chi connectivity index (χ0) is 10.4. The third kappa shape index (κ3) is 3.64. The molecule has 0 bridgehead atoms. The normalized spacial score (nSPS) is 11.1. The van der Waals surface area contributed by atoms with Gasteiger partial charge in [0.25, 0.3) is 5.91 Å². The number of hydrogen-bond donors (Lipinski definition) is 1. The average Bonchev–Trinajstić information content (AvgIpc) is 2.26. The summed E-state index contributed by atoms with van der Waals surface area (Å²) in [6.07, 6.45) is 0. The lowest BCUT2D eigenvalue weighted by atomic mass is 10.2. The van der Waals surface area contributed by atoms with E-state index in [9.17, 15) is 4.79 Å². The molecule has 0 saturated heterocycles. The first-order valence-corrected chi connectivity index (χ1v) is 5.73. The maximum absolute atomic E-state index is 11.5. The van der Waals surface area contributed by atoms with Gasteiger partial charge in [0.2, 0.25) is 0 Å². The van der Waals surface area contributed by atoms with Crippen molar-refractivity contribution in [2.24, 2.45) is 0 Å². The Kier molecular flexibility index (Phi) is 4.90. The highest BCUT2D eigenvalue weighted by molar-refractivity contribution is 9.14. The molecule has 0 radical (unpaired) electrons. The maximum atomic E-state index is 11.5. The predicted octanol–water partition coefficient (Wildman–Crippen LogP) is 3.05. The number of carbonyl (C=O) groups is 1. The highest BCUT2D eigenvalue weighted by atomic mass is 79.9. The molecule has 2 nitrogen and oxygen atoms in total. The summed E-state index contributed by atoms with van der Waals surface area (Å²) in [5.74, 6) is -0.0723. The van der Waals surface area contributed by atoms with Crippen LogP contribution in [0.25, 0.3) is 0 Å². The molecule has 1 N–H and O–H groups in total. The van der Waals surface area contributed by atoms with Gasteiger partial charge in [-0.1, -0.05) is 50.1 Å². The van der Waals surface area contributed by atoms with Crippen LogP contribution in [0.2, 0.25) is 0 Å². The fraction of sp³-hybridized carbons (Fsp3) is 0.100. The van der Waals surface area contributed by atoms with E-state index >= 15 is 0 Å². The first-order chi connectivity index (χ1) is 6.74. The standard InChI is InChI=1S/C10H9Br2NO/c11-6-9(12)7-13-10(14)8-4-2-1-3-5-8/h1-6H,7H2,(H,13,14)/b9-6-. The van der Waals surface area contributed by atoms with Gasteiger partial charge < -0.3 is 5.32 Å². The van der Waals surface area contributed by atoms with Gasteiger partial charge in [0.1, 0.15) is 0 Å². The number of halogens is 2. The third-order valence-electron chi connectivity index (χ3n) is 1.57. The summed E-state index contributed by atoms with van der Waals surface area (Å²) < 4.78 is 0.891. The zero-order valence-corrected chi connectivity index (χ0v) is 10.5. The molecular weight excluding hydrogens is 310 g/mol. The van der Waals surface area contributed by atoms with Crippen LogP contribution in [0, 0.1) is 0 Å². The van der Waals surface area contributed by atoms with Gasteiger partial charge >= 0.3 is 0 Å². The Hall–Kier alpha value is -0.610. The molecule has 1 rings (SSSR count). The van der Waals surface area contributed by atoms with E-state index in [1.54, 1.807) is 17.1 Å². The molecule has 1 aromatic carbocycles. The third-order valence-corrected chi connectivity index (χ3v) is 3.25. The molecule has 1 aromatic rings. The Balaban J connectivity index is 2.52. The van der Waals surface area contributed by atoms with Gasteiger partial charge in [-0.05, 0) is 17.1 Å². The van der Waals surface area contributed by atoms with E-state index in [0.717, 1.165) is 4.48 Å². The molecule has 0 fully saturated rings. The molecule has 0 heterocycles. The smallest absolute Gasteiger partial charge is 0.251 e. The SMILES string of the molecule is O=C(NC/C(Br)=C/Br)c1ccccc1. The quantitative estimate of drug-likeness (QED) is 0.912. The van der Waals surface area contributed by atoms with Crippen LogP contribution in [-0.2, 0) is 0 Å². The first kappa shape index (κ1) is 11.5. The summed E-state index contributed by atoms with van der Waals surface area (Å²) >= 11 is 6.44. The topological polar surface area (TPSA) is 29.1 Å². The lowest BCUT2D eigenvalue weighted by molar-refractivity contribution is 0.0958. The molecule has 14 heavy (non-hydrogen) atoms. The molecule has 74 valence electrons. The number of carbonyl (C=O) groups excluding carboxylic acids is 1. The second kappa shape index (κ2) is 5.98. The van der Waals surface area contributed by atoms with Crippen molar-refractivity contribution < 1.29 is 4.79 Å². The van der Waals surface area contributed by atoms with E-state index in [0.29, 0.717) is 12.1 Å². The van der Waals surface area contributed by atoms with Crippen LogP contribution in [0.15, 0.2) is 39.8 Å². The molecule has 0 aliphatic heterocycles. The zero-order valence-electron chi connectivity index (χ0n) is 7.34. The first-order valence-electron chi connectivity index (χ1n) is 4.02. The van der Waals surface area contributed by atoms with Gasteiger partial charge in [-0.25, -0.2) is 0 Å². The minimum atomic E-state index is -0.0723. The number of hydrogen-bond acceptors (Lipinski definition) is 1. The number of nitrogens with one attached hydrogen (secondary N) is 1. The molecule has 4 heteroatoms. The van der Waals surface area contributed by atoms with Crippen molar-refractivity contribution in [2.75, 3.05) is 6.54 Å². The molecule has 0 saturated carbocycles. The minimum absolute atomic E-state index is 0.0723. The van der Waals surface area contributed by atoms with E-state index in [1.807, 2.05) is 18.2 Å². The molecule has 0 unspecified atom stereocenters. The summed E-state index contributed by atoms with van der Waals surface area (Å²) in [6.45, 7) is 0.485. The monoisotopic (exact) mass is 317 g/mol. The van der Waals surface area contributed by atoms with Crippen LogP contribution in [0.4, 0.5) is 0 Å². The van der Waals surface area contributed by atoms with Gasteiger partial charge in [-0.15, -0.1) is 0 Å². The second-order valence-corrected chi connectivity index (χ2v) is 4.08. The van der Waals surface area contributed by atoms with Crippen LogP contribution >= 0.6 is 31.9 Å². The van der Waals surface area contributed by atoms with Crippen molar-refractivity contribution >= 4 is 37.8 Å². The molecule has 0 aliphatic rings. The number of rotatable bonds is 3. The maximum Gasteiger partial charge on any atom is 0.251 e. The summed E-state index contributed by atoms with van der Waals surface area (Å²) in [6, 6.07) is 9.11. The Morgan fingerprint density at radius 2 is 2.00 bits per heavy atom. The van der Waals surface area contributed by atoms with Crippen molar-refractivity contribution in [3.63, 3.8) is 0 Å². The second-order valence-electron chi connectivity index (χ2n) is 2.60. The Labute approximate surface area is 99.6 Å². The molecular formula is C10H9Br2NO. The minimum Gasteiger partial charge on any atom is -0.347 e. The lowest BCUT2D eigenvalue weighted by Gasteiger charge is -2.03. The molecule has 1 amide bonds. The van der Waals surface area contributed by atoms with Crippen LogP contribution in [-0.4, -0.2) is 12.5 Å². The van der Waals surface area contributed by atoms with Crippen LogP contribution in [0.3, 0.4) is 0 Å². The molecule has 0 aliphatic carbocycles. The molecule has 0 atom stereocenters.